The van der Waals surface area contributed by atoms with E-state index >= 15 is 0 Å². The number of nitrogens with one attached hydrogen (secondary N) is 2. The fourth-order valence-corrected chi connectivity index (χ4v) is 2.78. The van der Waals surface area contributed by atoms with E-state index in [1.807, 2.05) is 51.4 Å². The lowest BCUT2D eigenvalue weighted by Crippen LogP contribution is -3.11. The van der Waals surface area contributed by atoms with Gasteiger partial charge in [0.05, 0.1) is 12.7 Å². The lowest BCUT2D eigenvalue weighted by Gasteiger charge is -2.21. The molecule has 0 bridgehead atoms. The van der Waals surface area contributed by atoms with Crippen molar-refractivity contribution in [2.75, 3.05) is 44.8 Å². The molecular weight excluding hydrogens is 298 g/mol. The van der Waals surface area contributed by atoms with Crippen LogP contribution in [0.25, 0.3) is 0 Å². The number of anilines is 1. The van der Waals surface area contributed by atoms with E-state index in [4.69, 9.17) is 0 Å². The molecule has 0 saturated heterocycles. The van der Waals surface area contributed by atoms with Crippen molar-refractivity contribution >= 4 is 29.3 Å². The van der Waals surface area contributed by atoms with Crippen LogP contribution in [-0.2, 0) is 9.59 Å². The molecule has 1 atom stereocenters. The molecule has 0 heterocycles. The van der Waals surface area contributed by atoms with E-state index in [-0.39, 0.29) is 18.4 Å². The second kappa shape index (κ2) is 9.48. The summed E-state index contributed by atoms with van der Waals surface area (Å²) in [6.07, 6.45) is 1.98. The molecule has 6 heteroatoms. The molecule has 22 heavy (non-hydrogen) atoms. The van der Waals surface area contributed by atoms with E-state index in [1.54, 1.807) is 16.7 Å². The van der Waals surface area contributed by atoms with E-state index in [0.29, 0.717) is 19.6 Å². The minimum absolute atomic E-state index is 0.0775. The Kier molecular flexibility index (Phi) is 7.98. The van der Waals surface area contributed by atoms with Crippen molar-refractivity contribution in [3.05, 3.63) is 24.3 Å². The average molecular weight is 324 g/mol. The van der Waals surface area contributed by atoms with Crippen LogP contribution in [0.1, 0.15) is 13.8 Å². The van der Waals surface area contributed by atoms with Gasteiger partial charge in [0.15, 0.2) is 13.1 Å². The van der Waals surface area contributed by atoms with Crippen LogP contribution in [0.5, 0.6) is 0 Å². The molecule has 0 fully saturated rings. The summed E-state index contributed by atoms with van der Waals surface area (Å²) in [4.78, 5) is 27.8. The van der Waals surface area contributed by atoms with Gasteiger partial charge in [-0.25, -0.2) is 0 Å². The van der Waals surface area contributed by atoms with Crippen molar-refractivity contribution in [1.29, 1.82) is 0 Å². The number of para-hydroxylation sites is 1. The van der Waals surface area contributed by atoms with Gasteiger partial charge in [-0.15, -0.1) is 11.8 Å². The first-order valence-electron chi connectivity index (χ1n) is 7.53. The maximum absolute atomic E-state index is 12.1. The van der Waals surface area contributed by atoms with Gasteiger partial charge in [-0.2, -0.15) is 0 Å². The Balaban J connectivity index is 2.52. The lowest BCUT2D eigenvalue weighted by atomic mass is 10.3. The van der Waals surface area contributed by atoms with Crippen LogP contribution in [0.15, 0.2) is 29.2 Å². The summed E-state index contributed by atoms with van der Waals surface area (Å²) in [7, 11) is 1.86. The van der Waals surface area contributed by atoms with Gasteiger partial charge in [-0.1, -0.05) is 12.1 Å². The number of thioether (sulfide) groups is 1. The number of carbonyl (C=O) groups is 2. The van der Waals surface area contributed by atoms with Crippen LogP contribution in [0, 0.1) is 0 Å². The normalized spacial score (nSPS) is 11.8. The predicted molar refractivity (Wildman–Crippen MR) is 91.4 cm³/mol. The standard InChI is InChI=1S/C16H25N3O2S/c1-5-19(6-2)16(21)12-18(3)11-15(20)17-13-9-7-8-10-14(13)22-4/h7-10H,5-6,11-12H2,1-4H3,(H,17,20)/p+1. The zero-order valence-electron chi connectivity index (χ0n) is 13.8. The molecule has 0 aliphatic carbocycles. The first-order chi connectivity index (χ1) is 10.5. The maximum atomic E-state index is 12.1. The number of benzene rings is 1. The minimum Gasteiger partial charge on any atom is -0.338 e. The smallest absolute Gasteiger partial charge is 0.279 e. The highest BCUT2D eigenvalue weighted by atomic mass is 32.2. The van der Waals surface area contributed by atoms with Gasteiger partial charge in [0.2, 0.25) is 0 Å². The van der Waals surface area contributed by atoms with Crippen molar-refractivity contribution in [3.8, 4) is 0 Å². The van der Waals surface area contributed by atoms with Crippen molar-refractivity contribution < 1.29 is 14.5 Å². The number of hydrogen-bond acceptors (Lipinski definition) is 3. The van der Waals surface area contributed by atoms with Gasteiger partial charge in [0.25, 0.3) is 11.8 Å². The largest absolute Gasteiger partial charge is 0.338 e. The molecule has 0 aromatic heterocycles. The van der Waals surface area contributed by atoms with Crippen LogP contribution in [0.4, 0.5) is 5.69 Å². The Morgan fingerprint density at radius 1 is 1.18 bits per heavy atom. The molecule has 0 aliphatic heterocycles. The third-order valence-electron chi connectivity index (χ3n) is 3.41. The zero-order chi connectivity index (χ0) is 16.5. The van der Waals surface area contributed by atoms with E-state index in [1.165, 1.54) is 0 Å². The molecule has 0 saturated carbocycles. The Morgan fingerprint density at radius 3 is 2.41 bits per heavy atom. The monoisotopic (exact) mass is 324 g/mol. The van der Waals surface area contributed by atoms with E-state index in [0.717, 1.165) is 15.5 Å². The van der Waals surface area contributed by atoms with Crippen LogP contribution < -0.4 is 10.2 Å². The molecule has 1 aromatic carbocycles. The summed E-state index contributed by atoms with van der Waals surface area (Å²) in [6, 6.07) is 7.71. The van der Waals surface area contributed by atoms with E-state index in [9.17, 15) is 9.59 Å². The number of quaternary nitrogens is 1. The molecule has 5 nitrogen and oxygen atoms in total. The summed E-state index contributed by atoms with van der Waals surface area (Å²) in [5.74, 6) is 0.00570. The maximum Gasteiger partial charge on any atom is 0.279 e. The van der Waals surface area contributed by atoms with Crippen LogP contribution in [0.3, 0.4) is 0 Å². The molecule has 0 aliphatic rings. The molecule has 0 spiro atoms. The summed E-state index contributed by atoms with van der Waals surface area (Å²) in [5, 5.41) is 2.92. The topological polar surface area (TPSA) is 53.9 Å². The third-order valence-corrected chi connectivity index (χ3v) is 4.21. The van der Waals surface area contributed by atoms with Crippen molar-refractivity contribution in [3.63, 3.8) is 0 Å². The quantitative estimate of drug-likeness (QED) is 0.693. The average Bonchev–Trinajstić information content (AvgIpc) is 2.48. The van der Waals surface area contributed by atoms with Gasteiger partial charge in [-0.3, -0.25) is 9.59 Å². The molecule has 0 radical (unpaired) electrons. The lowest BCUT2D eigenvalue weighted by molar-refractivity contribution is -0.862. The highest BCUT2D eigenvalue weighted by molar-refractivity contribution is 7.98. The van der Waals surface area contributed by atoms with Crippen LogP contribution in [0.2, 0.25) is 0 Å². The first kappa shape index (κ1) is 18.5. The van der Waals surface area contributed by atoms with Crippen molar-refractivity contribution in [1.82, 2.24) is 4.90 Å². The van der Waals surface area contributed by atoms with E-state index < -0.39 is 0 Å². The number of likely N-dealkylation sites (N-methyl/N-ethyl adjacent to an activating group) is 2. The number of rotatable bonds is 8. The molecule has 122 valence electrons. The molecule has 2 amide bonds. The van der Waals surface area contributed by atoms with Gasteiger partial charge in [0, 0.05) is 18.0 Å². The summed E-state index contributed by atoms with van der Waals surface area (Å²) in [5.41, 5.74) is 0.822. The summed E-state index contributed by atoms with van der Waals surface area (Å²) in [6.45, 7) is 5.94. The molecule has 1 rings (SSSR count). The Labute approximate surface area is 137 Å². The number of hydrogen-bond donors (Lipinski definition) is 2. The number of carbonyl (C=O) groups excluding carboxylic acids is 2. The second-order valence-corrected chi connectivity index (χ2v) is 5.97. The highest BCUT2D eigenvalue weighted by Gasteiger charge is 2.18. The Morgan fingerprint density at radius 2 is 1.82 bits per heavy atom. The van der Waals surface area contributed by atoms with Crippen LogP contribution >= 0.6 is 11.8 Å². The third kappa shape index (κ3) is 5.69. The van der Waals surface area contributed by atoms with Crippen LogP contribution in [-0.4, -0.2) is 56.2 Å². The van der Waals surface area contributed by atoms with Gasteiger partial charge in [-0.05, 0) is 32.2 Å². The predicted octanol–water partition coefficient (Wildman–Crippen LogP) is 0.730. The highest BCUT2D eigenvalue weighted by Crippen LogP contribution is 2.24. The SMILES string of the molecule is CCN(CC)C(=O)C[NH+](C)CC(=O)Nc1ccccc1SC. The molecule has 2 N–H and O–H groups in total. The second-order valence-electron chi connectivity index (χ2n) is 5.13. The first-order valence-corrected chi connectivity index (χ1v) is 8.76. The summed E-state index contributed by atoms with van der Waals surface area (Å²) >= 11 is 1.59. The van der Waals surface area contributed by atoms with Gasteiger partial charge >= 0.3 is 0 Å². The Bertz CT molecular complexity index is 504. The molecular formula is C16H26N3O2S+. The van der Waals surface area contributed by atoms with Crippen molar-refractivity contribution in [2.24, 2.45) is 0 Å². The Hall–Kier alpha value is -1.53. The zero-order valence-corrected chi connectivity index (χ0v) is 14.6. The number of amides is 2. The van der Waals surface area contributed by atoms with E-state index in [2.05, 4.69) is 5.32 Å². The minimum atomic E-state index is -0.0775. The van der Waals surface area contributed by atoms with Gasteiger partial charge in [0.1, 0.15) is 0 Å². The van der Waals surface area contributed by atoms with Gasteiger partial charge < -0.3 is 15.1 Å². The molecule has 1 aromatic rings. The molecule has 1 unspecified atom stereocenters. The number of nitrogens with zero attached hydrogens (tertiary/aromatic N) is 1. The fraction of sp³-hybridized carbons (Fsp3) is 0.500. The fourth-order valence-electron chi connectivity index (χ4n) is 2.23. The summed E-state index contributed by atoms with van der Waals surface area (Å²) < 4.78 is 0. The van der Waals surface area contributed by atoms with Crippen molar-refractivity contribution in [2.45, 2.75) is 18.7 Å².